The van der Waals surface area contributed by atoms with Gasteiger partial charge in [-0.25, -0.2) is 0 Å². The predicted octanol–water partition coefficient (Wildman–Crippen LogP) is 10.3. The summed E-state index contributed by atoms with van der Waals surface area (Å²) in [7, 11) is 0. The van der Waals surface area contributed by atoms with Crippen molar-refractivity contribution >= 4 is 79.4 Å². The summed E-state index contributed by atoms with van der Waals surface area (Å²) < 4.78 is 0. The van der Waals surface area contributed by atoms with Gasteiger partial charge < -0.3 is 14.7 Å². The Kier molecular flexibility index (Phi) is 6.73. The Balaban J connectivity index is 1.35. The second-order valence-corrected chi connectivity index (χ2v) is 13.2. The van der Waals surface area contributed by atoms with E-state index >= 15 is 0 Å². The van der Waals surface area contributed by atoms with Crippen LogP contribution in [0.2, 0.25) is 0 Å². The number of hydrogen-bond donors (Lipinski definition) is 0. The average molecular weight is 640 g/mol. The minimum Gasteiger partial charge on any atom is -0.312 e. The fourth-order valence-electron chi connectivity index (χ4n) is 8.34. The first-order valence-electron chi connectivity index (χ1n) is 17.6. The summed E-state index contributed by atoms with van der Waals surface area (Å²) in [5.74, 6) is 0. The molecule has 0 fully saturated rings. The maximum atomic E-state index is 2.54. The number of nitrogens with zero attached hydrogens (tertiary/aromatic N) is 3. The Morgan fingerprint density at radius 2 is 1.12 bits per heavy atom. The largest absolute Gasteiger partial charge is 0.312 e. The molecule has 0 spiro atoms. The van der Waals surface area contributed by atoms with Crippen molar-refractivity contribution in [3.63, 3.8) is 0 Å². The van der Waals surface area contributed by atoms with E-state index in [1.165, 1.54) is 55.6 Å². The molecule has 0 saturated heterocycles. The molecule has 0 aromatic heterocycles. The van der Waals surface area contributed by atoms with E-state index in [9.17, 15) is 0 Å². The fraction of sp³-hybridized carbons (Fsp3) is 0.0435. The van der Waals surface area contributed by atoms with Gasteiger partial charge >= 0.3 is 0 Å². The number of para-hydroxylation sites is 4. The minimum atomic E-state index is 0.0534. The summed E-state index contributed by atoms with van der Waals surface area (Å²) in [4.78, 5) is 7.43. The van der Waals surface area contributed by atoms with Gasteiger partial charge in [0.1, 0.15) is 0 Å². The summed E-state index contributed by atoms with van der Waals surface area (Å²) in [6.45, 7) is 0.0534. The zero-order chi connectivity index (χ0) is 33.0. The third kappa shape index (κ3) is 4.45. The second kappa shape index (κ2) is 11.7. The maximum absolute atomic E-state index is 2.54. The topological polar surface area (TPSA) is 9.72 Å². The standard InChI is InChI=1S/C46H34BN3/c1-5-18-34(19-6-1)48(35-20-7-2-8-21-35)38-31-43-46-44(32-38)50(37-24-11-4-12-25-37)42-30-29-33-17-13-14-26-39(33)45(42)47(46)40-27-15-16-28-41(40)49(43)36-22-9-3-10-23-36/h1-3,5-11,13-32H,4,12H2. The highest BCUT2D eigenvalue weighted by Crippen LogP contribution is 2.47. The molecule has 0 saturated carbocycles. The molecule has 0 unspecified atom stereocenters. The van der Waals surface area contributed by atoms with Gasteiger partial charge in [0.2, 0.25) is 0 Å². The Labute approximate surface area is 293 Å². The van der Waals surface area contributed by atoms with Crippen LogP contribution >= 0.6 is 0 Å². The number of allylic oxidation sites excluding steroid dienone is 3. The normalized spacial score (nSPS) is 14.2. The molecular weight excluding hydrogens is 605 g/mol. The number of benzene rings is 7. The molecule has 4 heteroatoms. The molecule has 10 rings (SSSR count). The molecule has 0 radical (unpaired) electrons. The van der Waals surface area contributed by atoms with Crippen molar-refractivity contribution < 1.29 is 0 Å². The van der Waals surface area contributed by atoms with Crippen LogP contribution in [0.4, 0.5) is 45.5 Å². The van der Waals surface area contributed by atoms with E-state index in [1.54, 1.807) is 0 Å². The molecule has 50 heavy (non-hydrogen) atoms. The van der Waals surface area contributed by atoms with Gasteiger partial charge in [-0.05, 0) is 107 Å². The van der Waals surface area contributed by atoms with Crippen molar-refractivity contribution in [1.82, 2.24) is 0 Å². The van der Waals surface area contributed by atoms with E-state index in [2.05, 4.69) is 197 Å². The van der Waals surface area contributed by atoms with Crippen LogP contribution in [0.1, 0.15) is 12.8 Å². The maximum Gasteiger partial charge on any atom is 0.252 e. The van der Waals surface area contributed by atoms with Gasteiger partial charge in [0.25, 0.3) is 6.71 Å². The van der Waals surface area contributed by atoms with E-state index in [1.807, 2.05) is 0 Å². The van der Waals surface area contributed by atoms with Crippen LogP contribution < -0.4 is 31.1 Å². The predicted molar refractivity (Wildman–Crippen MR) is 213 cm³/mol. The molecule has 7 aromatic rings. The fourth-order valence-corrected chi connectivity index (χ4v) is 8.34. The van der Waals surface area contributed by atoms with Gasteiger partial charge in [-0.3, -0.25) is 0 Å². The third-order valence-corrected chi connectivity index (χ3v) is 10.4. The molecule has 2 heterocycles. The van der Waals surface area contributed by atoms with Crippen molar-refractivity contribution in [1.29, 1.82) is 0 Å². The zero-order valence-corrected chi connectivity index (χ0v) is 27.7. The van der Waals surface area contributed by atoms with Gasteiger partial charge in [-0.15, -0.1) is 0 Å². The van der Waals surface area contributed by atoms with E-state index in [0.29, 0.717) is 0 Å². The van der Waals surface area contributed by atoms with Gasteiger partial charge in [0, 0.05) is 45.5 Å². The minimum absolute atomic E-state index is 0.0534. The van der Waals surface area contributed by atoms with Crippen molar-refractivity contribution in [2.24, 2.45) is 0 Å². The van der Waals surface area contributed by atoms with Gasteiger partial charge in [-0.2, -0.15) is 0 Å². The SMILES string of the molecule is C1=CC(N2c3cc(N(c4ccccc4)c4ccccc4)cc4c3B(c3ccccc3N4c3ccccc3)c3c2ccc2ccccc32)=CCC1. The Morgan fingerprint density at radius 3 is 1.84 bits per heavy atom. The lowest BCUT2D eigenvalue weighted by molar-refractivity contribution is 0.998. The van der Waals surface area contributed by atoms with Crippen LogP contribution in [0, 0.1) is 0 Å². The quantitative estimate of drug-likeness (QED) is 0.174. The van der Waals surface area contributed by atoms with E-state index in [-0.39, 0.29) is 6.71 Å². The van der Waals surface area contributed by atoms with Gasteiger partial charge in [0.05, 0.1) is 5.69 Å². The molecule has 3 nitrogen and oxygen atoms in total. The van der Waals surface area contributed by atoms with Crippen LogP contribution in [0.15, 0.2) is 188 Å². The lowest BCUT2D eigenvalue weighted by atomic mass is 9.33. The highest BCUT2D eigenvalue weighted by molar-refractivity contribution is 7.01. The Morgan fingerprint density at radius 1 is 0.480 bits per heavy atom. The Bertz CT molecular complexity index is 2410. The summed E-state index contributed by atoms with van der Waals surface area (Å²) >= 11 is 0. The number of fused-ring (bicyclic) bond motifs is 6. The van der Waals surface area contributed by atoms with E-state index in [0.717, 1.165) is 35.6 Å². The van der Waals surface area contributed by atoms with Crippen LogP contribution in [0.3, 0.4) is 0 Å². The average Bonchev–Trinajstić information content (AvgIpc) is 3.19. The summed E-state index contributed by atoms with van der Waals surface area (Å²) in [5.41, 5.74) is 14.6. The van der Waals surface area contributed by atoms with Crippen LogP contribution in [0.5, 0.6) is 0 Å². The van der Waals surface area contributed by atoms with Crippen molar-refractivity contribution in [2.45, 2.75) is 12.8 Å². The monoisotopic (exact) mass is 639 g/mol. The Hall–Kier alpha value is -6.26. The molecule has 0 amide bonds. The third-order valence-electron chi connectivity index (χ3n) is 10.4. The molecule has 0 bridgehead atoms. The molecule has 236 valence electrons. The zero-order valence-electron chi connectivity index (χ0n) is 27.7. The van der Waals surface area contributed by atoms with E-state index < -0.39 is 0 Å². The lowest BCUT2D eigenvalue weighted by Crippen LogP contribution is -2.62. The number of anilines is 8. The first kappa shape index (κ1) is 28.7. The summed E-state index contributed by atoms with van der Waals surface area (Å²) in [5, 5.41) is 2.57. The smallest absolute Gasteiger partial charge is 0.252 e. The van der Waals surface area contributed by atoms with Gasteiger partial charge in [-0.1, -0.05) is 115 Å². The van der Waals surface area contributed by atoms with Crippen LogP contribution in [0.25, 0.3) is 10.8 Å². The molecule has 3 aliphatic rings. The summed E-state index contributed by atoms with van der Waals surface area (Å²) in [6, 6.07) is 59.8. The molecular formula is C46H34BN3. The lowest BCUT2D eigenvalue weighted by Gasteiger charge is -2.45. The first-order chi connectivity index (χ1) is 24.8. The number of hydrogen-bond acceptors (Lipinski definition) is 3. The molecule has 7 aromatic carbocycles. The van der Waals surface area contributed by atoms with Crippen molar-refractivity contribution in [2.75, 3.05) is 14.7 Å². The van der Waals surface area contributed by atoms with Crippen LogP contribution in [-0.4, -0.2) is 6.71 Å². The molecule has 0 atom stereocenters. The summed E-state index contributed by atoms with van der Waals surface area (Å²) in [6.07, 6.45) is 9.14. The van der Waals surface area contributed by atoms with Crippen molar-refractivity contribution in [3.8, 4) is 0 Å². The number of rotatable bonds is 5. The first-order valence-corrected chi connectivity index (χ1v) is 17.6. The highest BCUT2D eigenvalue weighted by atomic mass is 15.2. The molecule has 1 aliphatic carbocycles. The van der Waals surface area contributed by atoms with Gasteiger partial charge in [0.15, 0.2) is 0 Å². The highest BCUT2D eigenvalue weighted by Gasteiger charge is 2.44. The molecule has 2 aliphatic heterocycles. The van der Waals surface area contributed by atoms with Crippen molar-refractivity contribution in [3.05, 3.63) is 188 Å². The molecule has 0 N–H and O–H groups in total. The van der Waals surface area contributed by atoms with E-state index in [4.69, 9.17) is 0 Å². The second-order valence-electron chi connectivity index (χ2n) is 13.2. The van der Waals surface area contributed by atoms with Crippen LogP contribution in [-0.2, 0) is 0 Å².